The van der Waals surface area contributed by atoms with Gasteiger partial charge in [0.2, 0.25) is 0 Å². The van der Waals surface area contributed by atoms with Crippen molar-refractivity contribution in [2.24, 2.45) is 0 Å². The molecule has 2 heterocycles. The second kappa shape index (κ2) is 7.20. The number of likely N-dealkylation sites (N-methyl/N-ethyl adjacent to an activating group) is 1. The van der Waals surface area contributed by atoms with Crippen LogP contribution in [0.2, 0.25) is 0 Å². The molecule has 2 aromatic carbocycles. The van der Waals surface area contributed by atoms with Gasteiger partial charge in [0.1, 0.15) is 0 Å². The van der Waals surface area contributed by atoms with E-state index in [9.17, 15) is 13.5 Å². The number of benzene rings is 2. The van der Waals surface area contributed by atoms with Gasteiger partial charge in [0.25, 0.3) is 10.0 Å². The summed E-state index contributed by atoms with van der Waals surface area (Å²) in [5, 5.41) is 10.5. The van der Waals surface area contributed by atoms with Crippen LogP contribution >= 0.6 is 0 Å². The molecule has 3 aromatic rings. The van der Waals surface area contributed by atoms with Gasteiger partial charge in [0.15, 0.2) is 0 Å². The summed E-state index contributed by atoms with van der Waals surface area (Å²) >= 11 is 0. The second-order valence-corrected chi connectivity index (χ2v) is 9.19. The fourth-order valence-electron chi connectivity index (χ4n) is 3.79. The Kier molecular flexibility index (Phi) is 4.87. The molecule has 0 amide bonds. The van der Waals surface area contributed by atoms with Crippen molar-refractivity contribution in [1.82, 2.24) is 8.87 Å². The molecular formula is C22H24N2O3S. The third-order valence-corrected chi connectivity index (χ3v) is 7.15. The van der Waals surface area contributed by atoms with Crippen LogP contribution in [0.15, 0.2) is 71.3 Å². The number of aryl methyl sites for hydroxylation is 1. The summed E-state index contributed by atoms with van der Waals surface area (Å²) in [6.45, 7) is 2.79. The van der Waals surface area contributed by atoms with Gasteiger partial charge in [0.05, 0.1) is 23.1 Å². The average molecular weight is 397 g/mol. The van der Waals surface area contributed by atoms with E-state index < -0.39 is 10.0 Å². The van der Waals surface area contributed by atoms with Crippen molar-refractivity contribution < 1.29 is 13.5 Å². The largest absolute Gasteiger partial charge is 0.392 e. The van der Waals surface area contributed by atoms with Gasteiger partial charge in [0, 0.05) is 18.1 Å². The number of fused-ring (bicyclic) bond motifs is 1. The van der Waals surface area contributed by atoms with Crippen LogP contribution in [0.25, 0.3) is 10.9 Å². The van der Waals surface area contributed by atoms with Crippen LogP contribution in [-0.4, -0.2) is 42.6 Å². The van der Waals surface area contributed by atoms with E-state index in [4.69, 9.17) is 0 Å². The Morgan fingerprint density at radius 2 is 1.82 bits per heavy atom. The maximum Gasteiger partial charge on any atom is 0.268 e. The Balaban J connectivity index is 1.91. The van der Waals surface area contributed by atoms with Gasteiger partial charge in [-0.05, 0) is 49.7 Å². The highest BCUT2D eigenvalue weighted by Gasteiger charge is 2.27. The molecule has 1 aliphatic rings. The topological polar surface area (TPSA) is 62.5 Å². The molecule has 28 heavy (non-hydrogen) atoms. The van der Waals surface area contributed by atoms with Crippen molar-refractivity contribution in [3.63, 3.8) is 0 Å². The fourth-order valence-corrected chi connectivity index (χ4v) is 5.16. The summed E-state index contributed by atoms with van der Waals surface area (Å²) < 4.78 is 28.1. The lowest BCUT2D eigenvalue weighted by molar-refractivity contribution is 0.254. The molecule has 1 N–H and O–H groups in total. The van der Waals surface area contributed by atoms with E-state index >= 15 is 0 Å². The van der Waals surface area contributed by atoms with E-state index in [1.54, 1.807) is 18.3 Å². The Morgan fingerprint density at radius 3 is 2.54 bits per heavy atom. The predicted molar refractivity (Wildman–Crippen MR) is 111 cm³/mol. The molecule has 0 saturated carbocycles. The average Bonchev–Trinajstić information content (AvgIpc) is 3.09. The Labute approximate surface area is 165 Å². The standard InChI is InChI=1S/C22H24N2O3S/c1-16-7-9-18(10-8-16)28(26,27)24-14-20(19-5-3-4-6-21(19)24)22-13-17(15-25)11-12-23(22)2/h3-10,13-14,22,25H,11-12,15H2,1-2H3/t22-/m0/s1. The van der Waals surface area contributed by atoms with Gasteiger partial charge in [-0.1, -0.05) is 42.0 Å². The molecule has 5 nitrogen and oxygen atoms in total. The first-order valence-corrected chi connectivity index (χ1v) is 10.8. The zero-order valence-electron chi connectivity index (χ0n) is 16.0. The van der Waals surface area contributed by atoms with Crippen molar-refractivity contribution in [2.75, 3.05) is 20.2 Å². The van der Waals surface area contributed by atoms with E-state index in [-0.39, 0.29) is 17.5 Å². The molecule has 4 rings (SSSR count). The van der Waals surface area contributed by atoms with E-state index in [0.717, 1.165) is 35.1 Å². The summed E-state index contributed by atoms with van der Waals surface area (Å²) in [6, 6.07) is 14.4. The van der Waals surface area contributed by atoms with Crippen molar-refractivity contribution in [2.45, 2.75) is 24.3 Å². The molecule has 0 bridgehead atoms. The molecule has 0 spiro atoms. The van der Waals surface area contributed by atoms with Gasteiger partial charge in [-0.25, -0.2) is 12.4 Å². The van der Waals surface area contributed by atoms with E-state index in [0.29, 0.717) is 5.52 Å². The maximum absolute atomic E-state index is 13.4. The number of aliphatic hydroxyl groups excluding tert-OH is 1. The first-order chi connectivity index (χ1) is 13.4. The molecule has 0 saturated heterocycles. The number of aliphatic hydroxyl groups is 1. The summed E-state index contributed by atoms with van der Waals surface area (Å²) in [6.07, 6.45) is 4.61. The number of para-hydroxylation sites is 1. The summed E-state index contributed by atoms with van der Waals surface area (Å²) in [4.78, 5) is 2.46. The lowest BCUT2D eigenvalue weighted by atomic mass is 9.97. The van der Waals surface area contributed by atoms with Crippen molar-refractivity contribution >= 4 is 20.9 Å². The smallest absolute Gasteiger partial charge is 0.268 e. The SMILES string of the molecule is Cc1ccc(S(=O)(=O)n2cc([C@@H]3C=C(CO)CCN3C)c3ccccc32)cc1. The van der Waals surface area contributed by atoms with Crippen LogP contribution in [0.5, 0.6) is 0 Å². The van der Waals surface area contributed by atoms with Gasteiger partial charge < -0.3 is 5.11 Å². The predicted octanol–water partition coefficient (Wildman–Crippen LogP) is 3.48. The van der Waals surface area contributed by atoms with E-state index in [2.05, 4.69) is 4.90 Å². The van der Waals surface area contributed by atoms with Crippen LogP contribution in [0, 0.1) is 6.92 Å². The zero-order valence-corrected chi connectivity index (χ0v) is 16.9. The highest BCUT2D eigenvalue weighted by atomic mass is 32.2. The van der Waals surface area contributed by atoms with Crippen LogP contribution < -0.4 is 0 Å². The van der Waals surface area contributed by atoms with Crippen molar-refractivity contribution in [3.05, 3.63) is 77.5 Å². The Bertz CT molecular complexity index is 1140. The number of nitrogens with zero attached hydrogens (tertiary/aromatic N) is 2. The second-order valence-electron chi connectivity index (χ2n) is 7.37. The molecule has 1 atom stereocenters. The molecule has 6 heteroatoms. The minimum absolute atomic E-state index is 0.0324. The molecule has 0 radical (unpaired) electrons. The van der Waals surface area contributed by atoms with Gasteiger partial charge in [-0.3, -0.25) is 4.90 Å². The Morgan fingerprint density at radius 1 is 1.11 bits per heavy atom. The molecular weight excluding hydrogens is 372 g/mol. The van der Waals surface area contributed by atoms with Crippen LogP contribution in [-0.2, 0) is 10.0 Å². The number of rotatable bonds is 4. The van der Waals surface area contributed by atoms with E-state index in [1.807, 2.05) is 56.4 Å². The first-order valence-electron chi connectivity index (χ1n) is 9.34. The highest BCUT2D eigenvalue weighted by molar-refractivity contribution is 7.90. The lowest BCUT2D eigenvalue weighted by Gasteiger charge is -2.30. The minimum atomic E-state index is -3.71. The number of hydrogen-bond donors (Lipinski definition) is 1. The fraction of sp³-hybridized carbons (Fsp3) is 0.273. The zero-order chi connectivity index (χ0) is 19.9. The molecule has 1 aromatic heterocycles. The third kappa shape index (κ3) is 3.17. The Hall–Kier alpha value is -2.41. The number of aromatic nitrogens is 1. The van der Waals surface area contributed by atoms with E-state index in [1.165, 1.54) is 3.97 Å². The molecule has 146 valence electrons. The van der Waals surface area contributed by atoms with Gasteiger partial charge in [-0.2, -0.15) is 0 Å². The normalized spacial score (nSPS) is 18.4. The summed E-state index contributed by atoms with van der Waals surface area (Å²) in [5.74, 6) is 0. The monoisotopic (exact) mass is 396 g/mol. The maximum atomic E-state index is 13.4. The van der Waals surface area contributed by atoms with Crippen molar-refractivity contribution in [3.8, 4) is 0 Å². The highest BCUT2D eigenvalue weighted by Crippen LogP contribution is 2.35. The quantitative estimate of drug-likeness (QED) is 0.686. The molecule has 0 aliphatic carbocycles. The molecule has 0 fully saturated rings. The summed E-state index contributed by atoms with van der Waals surface area (Å²) in [7, 11) is -1.68. The minimum Gasteiger partial charge on any atom is -0.392 e. The van der Waals surface area contributed by atoms with Crippen LogP contribution in [0.4, 0.5) is 0 Å². The first kappa shape index (κ1) is 18.9. The van der Waals surface area contributed by atoms with Gasteiger partial charge >= 0.3 is 0 Å². The van der Waals surface area contributed by atoms with Crippen LogP contribution in [0.3, 0.4) is 0 Å². The molecule has 1 aliphatic heterocycles. The van der Waals surface area contributed by atoms with Gasteiger partial charge in [-0.15, -0.1) is 0 Å². The third-order valence-electron chi connectivity index (χ3n) is 5.46. The van der Waals surface area contributed by atoms with Crippen LogP contribution in [0.1, 0.15) is 23.6 Å². The number of hydrogen-bond acceptors (Lipinski definition) is 4. The summed E-state index contributed by atoms with van der Waals surface area (Å²) in [5.41, 5.74) is 3.60. The molecule has 0 unspecified atom stereocenters. The lowest BCUT2D eigenvalue weighted by Crippen LogP contribution is -2.29. The van der Waals surface area contributed by atoms with Crippen molar-refractivity contribution in [1.29, 1.82) is 0 Å².